The van der Waals surface area contributed by atoms with Gasteiger partial charge < -0.3 is 10.5 Å². The molecule has 2 rings (SSSR count). The van der Waals surface area contributed by atoms with Gasteiger partial charge in [-0.15, -0.1) is 0 Å². The summed E-state index contributed by atoms with van der Waals surface area (Å²) in [7, 11) is 0. The highest BCUT2D eigenvalue weighted by atomic mass is 35.5. The third-order valence-electron chi connectivity index (χ3n) is 3.00. The minimum absolute atomic E-state index is 0.000910. The van der Waals surface area contributed by atoms with Crippen molar-refractivity contribution < 1.29 is 9.13 Å². The van der Waals surface area contributed by atoms with E-state index in [1.54, 1.807) is 36.4 Å². The molecule has 2 N–H and O–H groups in total. The number of hydrogen-bond donors (Lipinski definition) is 1. The first kappa shape index (κ1) is 16.9. The zero-order valence-electron chi connectivity index (χ0n) is 11.9. The zero-order valence-corrected chi connectivity index (χ0v) is 13.5. The Morgan fingerprint density at radius 1 is 1.35 bits per heavy atom. The lowest BCUT2D eigenvalue weighted by Gasteiger charge is -2.09. The number of nitrogens with two attached hydrogens (primary N) is 1. The predicted octanol–water partition coefficient (Wildman–Crippen LogP) is 4.25. The average Bonchev–Trinajstić information content (AvgIpc) is 2.52. The van der Waals surface area contributed by atoms with Crippen LogP contribution in [0.3, 0.4) is 0 Å². The van der Waals surface area contributed by atoms with Crippen molar-refractivity contribution >= 4 is 34.9 Å². The van der Waals surface area contributed by atoms with E-state index in [0.717, 1.165) is 0 Å². The Bertz CT molecular complexity index is 794. The van der Waals surface area contributed by atoms with Crippen LogP contribution in [-0.2, 0) is 6.61 Å². The molecule has 0 amide bonds. The molecule has 0 aliphatic rings. The molecular weight excluding hydrogens is 335 g/mol. The summed E-state index contributed by atoms with van der Waals surface area (Å²) in [6.45, 7) is -0.000910. The van der Waals surface area contributed by atoms with Gasteiger partial charge >= 0.3 is 0 Å². The Morgan fingerprint density at radius 3 is 2.74 bits per heavy atom. The second-order valence-electron chi connectivity index (χ2n) is 4.60. The first-order valence-corrected chi connectivity index (χ1v) is 7.37. The molecule has 2 aromatic rings. The molecule has 0 spiro atoms. The van der Waals surface area contributed by atoms with Crippen molar-refractivity contribution in [1.29, 1.82) is 5.26 Å². The molecule has 116 valence electrons. The van der Waals surface area contributed by atoms with Gasteiger partial charge in [0.2, 0.25) is 0 Å². The first-order valence-electron chi connectivity index (χ1n) is 6.58. The second kappa shape index (κ2) is 7.73. The highest BCUT2D eigenvalue weighted by molar-refractivity contribution is 7.80. The van der Waals surface area contributed by atoms with Crippen LogP contribution < -0.4 is 10.5 Å². The molecule has 0 aromatic heterocycles. The summed E-state index contributed by atoms with van der Waals surface area (Å²) in [6.07, 6.45) is 1.56. The maximum Gasteiger partial charge on any atom is 0.131 e. The molecule has 2 aromatic carbocycles. The predicted molar refractivity (Wildman–Crippen MR) is 92.6 cm³/mol. The van der Waals surface area contributed by atoms with E-state index in [9.17, 15) is 4.39 Å². The molecule has 0 unspecified atom stereocenters. The number of nitrogens with zero attached hydrogens (tertiary/aromatic N) is 1. The Balaban J connectivity index is 2.18. The minimum Gasteiger partial charge on any atom is -0.489 e. The lowest BCUT2D eigenvalue weighted by molar-refractivity contribution is 0.300. The molecule has 0 radical (unpaired) electrons. The highest BCUT2D eigenvalue weighted by Gasteiger charge is 2.08. The fraction of sp³-hybridized carbons (Fsp3) is 0.0588. The van der Waals surface area contributed by atoms with Crippen molar-refractivity contribution in [1.82, 2.24) is 0 Å². The van der Waals surface area contributed by atoms with Crippen molar-refractivity contribution in [2.45, 2.75) is 6.61 Å². The summed E-state index contributed by atoms with van der Waals surface area (Å²) in [5.74, 6) is 0.0899. The van der Waals surface area contributed by atoms with Gasteiger partial charge in [0, 0.05) is 5.56 Å². The normalized spacial score (nSPS) is 10.9. The van der Waals surface area contributed by atoms with Gasteiger partial charge in [-0.2, -0.15) is 5.26 Å². The number of thiocarbonyl (C=S) groups is 1. The number of ether oxygens (including phenoxy) is 1. The average molecular weight is 347 g/mol. The fourth-order valence-electron chi connectivity index (χ4n) is 1.85. The molecule has 0 aliphatic carbocycles. The molecule has 0 heterocycles. The maximum absolute atomic E-state index is 13.7. The lowest BCUT2D eigenvalue weighted by Crippen LogP contribution is -2.09. The van der Waals surface area contributed by atoms with Crippen LogP contribution in [0.1, 0.15) is 11.1 Å². The van der Waals surface area contributed by atoms with Crippen LogP contribution in [-0.4, -0.2) is 4.99 Å². The SMILES string of the molecule is N#C/C(=C\c1cccc(OCc2c(F)cccc2Cl)c1)C(N)=S. The quantitative estimate of drug-likeness (QED) is 0.499. The summed E-state index contributed by atoms with van der Waals surface area (Å²) >= 11 is 10.7. The minimum atomic E-state index is -0.422. The van der Waals surface area contributed by atoms with Gasteiger partial charge in [0.15, 0.2) is 0 Å². The third-order valence-corrected chi connectivity index (χ3v) is 3.57. The Morgan fingerprint density at radius 2 is 2.09 bits per heavy atom. The van der Waals surface area contributed by atoms with Crippen molar-refractivity contribution in [2.75, 3.05) is 0 Å². The topological polar surface area (TPSA) is 59.0 Å². The van der Waals surface area contributed by atoms with E-state index < -0.39 is 5.82 Å². The molecule has 23 heavy (non-hydrogen) atoms. The second-order valence-corrected chi connectivity index (χ2v) is 5.44. The van der Waals surface area contributed by atoms with Crippen LogP contribution in [0, 0.1) is 17.1 Å². The van der Waals surface area contributed by atoms with Crippen molar-refractivity contribution in [3.05, 3.63) is 70.0 Å². The number of halogens is 2. The van der Waals surface area contributed by atoms with Gasteiger partial charge in [0.05, 0.1) is 10.6 Å². The molecule has 0 saturated carbocycles. The van der Waals surface area contributed by atoms with E-state index in [0.29, 0.717) is 16.3 Å². The fourth-order valence-corrected chi connectivity index (χ4v) is 2.17. The summed E-state index contributed by atoms with van der Waals surface area (Å²) in [5, 5.41) is 9.27. The summed E-state index contributed by atoms with van der Waals surface area (Å²) < 4.78 is 19.3. The Kier molecular flexibility index (Phi) is 5.69. The number of rotatable bonds is 5. The molecule has 3 nitrogen and oxygen atoms in total. The van der Waals surface area contributed by atoms with E-state index in [1.807, 2.05) is 6.07 Å². The molecule has 0 bridgehead atoms. The maximum atomic E-state index is 13.7. The van der Waals surface area contributed by atoms with Crippen LogP contribution in [0.5, 0.6) is 5.75 Å². The van der Waals surface area contributed by atoms with Gasteiger partial charge in [-0.3, -0.25) is 0 Å². The Labute approximate surface area is 143 Å². The molecule has 0 fully saturated rings. The van der Waals surface area contributed by atoms with E-state index >= 15 is 0 Å². The summed E-state index contributed by atoms with van der Waals surface area (Å²) in [6, 6.07) is 13.3. The van der Waals surface area contributed by atoms with Crippen molar-refractivity contribution in [3.63, 3.8) is 0 Å². The molecule has 0 atom stereocenters. The zero-order chi connectivity index (χ0) is 16.8. The lowest BCUT2D eigenvalue weighted by atomic mass is 10.1. The van der Waals surface area contributed by atoms with Gasteiger partial charge in [0.1, 0.15) is 29.2 Å². The van der Waals surface area contributed by atoms with E-state index in [4.69, 9.17) is 39.6 Å². The van der Waals surface area contributed by atoms with Crippen LogP contribution in [0.25, 0.3) is 6.08 Å². The van der Waals surface area contributed by atoms with Gasteiger partial charge in [0.25, 0.3) is 0 Å². The number of benzene rings is 2. The summed E-state index contributed by atoms with van der Waals surface area (Å²) in [4.78, 5) is 0.0250. The van der Waals surface area contributed by atoms with Crippen LogP contribution in [0.2, 0.25) is 5.02 Å². The standard InChI is InChI=1S/C17H12ClFN2OS/c18-15-5-2-6-16(19)14(15)10-22-13-4-1-3-11(8-13)7-12(9-20)17(21)23/h1-8H,10H2,(H2,21,23)/b12-7+. The largest absolute Gasteiger partial charge is 0.489 e. The Hall–Kier alpha value is -2.42. The van der Waals surface area contributed by atoms with Crippen LogP contribution in [0.4, 0.5) is 4.39 Å². The van der Waals surface area contributed by atoms with E-state index in [1.165, 1.54) is 12.1 Å². The number of hydrogen-bond acceptors (Lipinski definition) is 3. The smallest absolute Gasteiger partial charge is 0.131 e. The van der Waals surface area contributed by atoms with Crippen molar-refractivity contribution in [3.8, 4) is 11.8 Å². The van der Waals surface area contributed by atoms with Crippen LogP contribution >= 0.6 is 23.8 Å². The molecule has 6 heteroatoms. The van der Waals surface area contributed by atoms with Gasteiger partial charge in [-0.05, 0) is 35.9 Å². The van der Waals surface area contributed by atoms with Crippen molar-refractivity contribution in [2.24, 2.45) is 5.73 Å². The molecule has 0 saturated heterocycles. The van der Waals surface area contributed by atoms with E-state index in [2.05, 4.69) is 0 Å². The summed E-state index contributed by atoms with van der Waals surface area (Å²) in [5.41, 5.74) is 6.65. The third kappa shape index (κ3) is 4.52. The monoisotopic (exact) mass is 346 g/mol. The van der Waals surface area contributed by atoms with Crippen LogP contribution in [0.15, 0.2) is 48.0 Å². The van der Waals surface area contributed by atoms with Gasteiger partial charge in [-0.25, -0.2) is 4.39 Å². The first-order chi connectivity index (χ1) is 11.0. The highest BCUT2D eigenvalue weighted by Crippen LogP contribution is 2.22. The van der Waals surface area contributed by atoms with Gasteiger partial charge in [-0.1, -0.05) is 42.0 Å². The molecular formula is C17H12ClFN2OS. The van der Waals surface area contributed by atoms with E-state index in [-0.39, 0.29) is 22.7 Å². The molecule has 0 aliphatic heterocycles. The number of nitriles is 1.